The molecule has 2 aliphatic heterocycles. The molecule has 2 atom stereocenters. The van der Waals surface area contributed by atoms with Crippen molar-refractivity contribution in [2.75, 3.05) is 16.4 Å². The number of benzene rings is 2. The number of nitrogens with zero attached hydrogens (tertiary/aromatic N) is 2. The summed E-state index contributed by atoms with van der Waals surface area (Å²) in [5.41, 5.74) is 3.80. The van der Waals surface area contributed by atoms with Gasteiger partial charge in [-0.3, -0.25) is 4.99 Å². The highest BCUT2D eigenvalue weighted by Gasteiger charge is 2.47. The standard InChI is InChI=1S/C20H20BrFN2O2S2/c1-12-3-6-18(13(2)7-12)24-19-11-28(25,26)10-17(19)23-20(24)27-9-14-4-5-15(21)8-16(14)22/h3-8,17,19H,9-11H2,1-2H3/t17-,19+/m0/s1. The molecular weight excluding hydrogens is 463 g/mol. The molecule has 4 nitrogen and oxygen atoms in total. The molecule has 4 rings (SSSR count). The van der Waals surface area contributed by atoms with Crippen molar-refractivity contribution in [2.24, 2.45) is 4.99 Å². The van der Waals surface area contributed by atoms with E-state index in [9.17, 15) is 12.8 Å². The molecule has 0 amide bonds. The molecular formula is C20H20BrFN2O2S2. The van der Waals surface area contributed by atoms with Crippen molar-refractivity contribution < 1.29 is 12.8 Å². The van der Waals surface area contributed by atoms with Gasteiger partial charge in [0.2, 0.25) is 0 Å². The molecule has 1 fully saturated rings. The number of aliphatic imine (C=N–C) groups is 1. The lowest BCUT2D eigenvalue weighted by Crippen LogP contribution is -2.39. The number of sulfone groups is 1. The Hall–Kier alpha value is -1.38. The van der Waals surface area contributed by atoms with Crippen LogP contribution in [0.15, 0.2) is 45.9 Å². The number of halogens is 2. The smallest absolute Gasteiger partial charge is 0.164 e. The second-order valence-electron chi connectivity index (χ2n) is 7.31. The van der Waals surface area contributed by atoms with Gasteiger partial charge in [0.05, 0.1) is 23.6 Å². The summed E-state index contributed by atoms with van der Waals surface area (Å²) < 4.78 is 39.2. The third-order valence-electron chi connectivity index (χ3n) is 5.09. The number of fused-ring (bicyclic) bond motifs is 1. The van der Waals surface area contributed by atoms with Crippen molar-refractivity contribution in [3.8, 4) is 0 Å². The van der Waals surface area contributed by atoms with Crippen molar-refractivity contribution in [1.82, 2.24) is 0 Å². The largest absolute Gasteiger partial charge is 0.315 e. The van der Waals surface area contributed by atoms with Crippen LogP contribution >= 0.6 is 27.7 Å². The molecule has 2 aromatic carbocycles. The average molecular weight is 483 g/mol. The summed E-state index contributed by atoms with van der Waals surface area (Å²) in [7, 11) is -3.09. The summed E-state index contributed by atoms with van der Waals surface area (Å²) in [4.78, 5) is 6.77. The Balaban J connectivity index is 1.65. The van der Waals surface area contributed by atoms with E-state index in [2.05, 4.69) is 22.0 Å². The summed E-state index contributed by atoms with van der Waals surface area (Å²) in [6, 6.07) is 10.7. The topological polar surface area (TPSA) is 49.7 Å². The Labute approximate surface area is 177 Å². The van der Waals surface area contributed by atoms with Gasteiger partial charge in [-0.05, 0) is 43.2 Å². The van der Waals surface area contributed by atoms with E-state index in [1.165, 1.54) is 17.8 Å². The van der Waals surface area contributed by atoms with E-state index in [1.807, 2.05) is 36.9 Å². The van der Waals surface area contributed by atoms with Crippen molar-refractivity contribution in [3.63, 3.8) is 0 Å². The Kier molecular flexibility index (Phi) is 5.31. The summed E-state index contributed by atoms with van der Waals surface area (Å²) in [5.74, 6) is 0.355. The Bertz CT molecular complexity index is 1070. The number of hydrogen-bond donors (Lipinski definition) is 0. The van der Waals surface area contributed by atoms with Crippen LogP contribution in [0.1, 0.15) is 16.7 Å². The highest BCUT2D eigenvalue weighted by atomic mass is 79.9. The fraction of sp³-hybridized carbons (Fsp3) is 0.350. The molecule has 0 unspecified atom stereocenters. The van der Waals surface area contributed by atoms with Gasteiger partial charge >= 0.3 is 0 Å². The molecule has 1 saturated heterocycles. The molecule has 2 aliphatic rings. The van der Waals surface area contributed by atoms with Crippen LogP contribution < -0.4 is 4.90 Å². The van der Waals surface area contributed by atoms with Crippen LogP contribution in [0.4, 0.5) is 10.1 Å². The number of aryl methyl sites for hydroxylation is 2. The molecule has 0 aromatic heterocycles. The first-order chi connectivity index (χ1) is 13.2. The minimum atomic E-state index is -3.09. The summed E-state index contributed by atoms with van der Waals surface area (Å²) in [6.07, 6.45) is 0. The van der Waals surface area contributed by atoms with E-state index in [1.54, 1.807) is 6.07 Å². The van der Waals surface area contributed by atoms with E-state index < -0.39 is 9.84 Å². The van der Waals surface area contributed by atoms with Gasteiger partial charge < -0.3 is 4.90 Å². The van der Waals surface area contributed by atoms with Gasteiger partial charge in [0.25, 0.3) is 0 Å². The van der Waals surface area contributed by atoms with E-state index in [0.717, 1.165) is 22.0 Å². The predicted octanol–water partition coefficient (Wildman–Crippen LogP) is 4.48. The van der Waals surface area contributed by atoms with E-state index >= 15 is 0 Å². The van der Waals surface area contributed by atoms with Crippen molar-refractivity contribution in [2.45, 2.75) is 31.7 Å². The Morgan fingerprint density at radius 2 is 2.00 bits per heavy atom. The highest BCUT2D eigenvalue weighted by Crippen LogP contribution is 2.37. The van der Waals surface area contributed by atoms with Crippen molar-refractivity contribution in [1.29, 1.82) is 0 Å². The molecule has 0 aliphatic carbocycles. The maximum absolute atomic E-state index is 14.2. The molecule has 0 radical (unpaired) electrons. The summed E-state index contributed by atoms with van der Waals surface area (Å²) in [6.45, 7) is 4.06. The molecule has 0 spiro atoms. The molecule has 2 heterocycles. The van der Waals surface area contributed by atoms with Crippen LogP contribution in [0.25, 0.3) is 0 Å². The second-order valence-corrected chi connectivity index (χ2v) is 11.3. The Morgan fingerprint density at radius 3 is 2.71 bits per heavy atom. The zero-order valence-corrected chi connectivity index (χ0v) is 18.7. The minimum Gasteiger partial charge on any atom is -0.315 e. The quantitative estimate of drug-likeness (QED) is 0.646. The average Bonchev–Trinajstić information content (AvgIpc) is 3.06. The second kappa shape index (κ2) is 7.46. The maximum atomic E-state index is 14.2. The van der Waals surface area contributed by atoms with Gasteiger partial charge in [0, 0.05) is 15.9 Å². The zero-order chi connectivity index (χ0) is 20.1. The van der Waals surface area contributed by atoms with Crippen LogP contribution in [-0.2, 0) is 15.6 Å². The minimum absolute atomic E-state index is 0.0791. The van der Waals surface area contributed by atoms with Gasteiger partial charge in [-0.15, -0.1) is 0 Å². The molecule has 28 heavy (non-hydrogen) atoms. The third-order valence-corrected chi connectivity index (χ3v) is 8.30. The normalized spacial score (nSPS) is 23.0. The fourth-order valence-electron chi connectivity index (χ4n) is 3.77. The SMILES string of the molecule is Cc1ccc(N2C(SCc3ccc(Br)cc3F)=N[C@H]3CS(=O)(=O)C[C@H]32)c(C)c1. The van der Waals surface area contributed by atoms with E-state index in [0.29, 0.717) is 15.8 Å². The first-order valence-electron chi connectivity index (χ1n) is 8.95. The fourth-order valence-corrected chi connectivity index (χ4v) is 7.05. The third kappa shape index (κ3) is 3.86. The molecule has 0 N–H and O–H groups in total. The first kappa shape index (κ1) is 19.9. The van der Waals surface area contributed by atoms with E-state index in [4.69, 9.17) is 4.99 Å². The van der Waals surface area contributed by atoms with Crippen molar-refractivity contribution in [3.05, 3.63) is 63.4 Å². The number of hydrogen-bond acceptors (Lipinski definition) is 5. The number of thioether (sulfide) groups is 1. The molecule has 0 saturated carbocycles. The number of anilines is 1. The lowest BCUT2D eigenvalue weighted by molar-refractivity contribution is 0.601. The predicted molar refractivity (Wildman–Crippen MR) is 117 cm³/mol. The number of amidine groups is 1. The zero-order valence-electron chi connectivity index (χ0n) is 15.5. The molecule has 0 bridgehead atoms. The van der Waals surface area contributed by atoms with Gasteiger partial charge in [-0.1, -0.05) is 51.5 Å². The summed E-state index contributed by atoms with van der Waals surface area (Å²) >= 11 is 4.73. The van der Waals surface area contributed by atoms with Gasteiger partial charge in [0.1, 0.15) is 5.82 Å². The number of rotatable bonds is 3. The summed E-state index contributed by atoms with van der Waals surface area (Å²) in [5, 5.41) is 0.763. The first-order valence-corrected chi connectivity index (χ1v) is 12.5. The Morgan fingerprint density at radius 1 is 1.21 bits per heavy atom. The van der Waals surface area contributed by atoms with Crippen LogP contribution in [0.3, 0.4) is 0 Å². The molecule has 148 valence electrons. The maximum Gasteiger partial charge on any atom is 0.164 e. The van der Waals surface area contributed by atoms with Crippen LogP contribution in [-0.4, -0.2) is 37.2 Å². The molecule has 8 heteroatoms. The van der Waals surface area contributed by atoms with Crippen LogP contribution in [0.5, 0.6) is 0 Å². The molecule has 2 aromatic rings. The van der Waals surface area contributed by atoms with Gasteiger partial charge in [-0.2, -0.15) is 0 Å². The van der Waals surface area contributed by atoms with E-state index in [-0.39, 0.29) is 29.4 Å². The van der Waals surface area contributed by atoms with Gasteiger partial charge in [0.15, 0.2) is 15.0 Å². The van der Waals surface area contributed by atoms with Crippen LogP contribution in [0.2, 0.25) is 0 Å². The monoisotopic (exact) mass is 482 g/mol. The lowest BCUT2D eigenvalue weighted by Gasteiger charge is -2.28. The van der Waals surface area contributed by atoms with Crippen molar-refractivity contribution >= 4 is 48.4 Å². The van der Waals surface area contributed by atoms with Gasteiger partial charge in [-0.25, -0.2) is 12.8 Å². The highest BCUT2D eigenvalue weighted by molar-refractivity contribution is 9.10. The lowest BCUT2D eigenvalue weighted by atomic mass is 10.1. The van der Waals surface area contributed by atoms with Crippen LogP contribution in [0, 0.1) is 19.7 Å².